The average Bonchev–Trinajstić information content (AvgIpc) is 2.70. The SMILES string of the molecule is CCCCCCCCCCCCOC(=O)C1CCN(C(=O)OCC(C)C)CC1. The van der Waals surface area contributed by atoms with Crippen molar-refractivity contribution in [3.8, 4) is 0 Å². The molecule has 0 N–H and O–H groups in total. The topological polar surface area (TPSA) is 55.8 Å². The summed E-state index contributed by atoms with van der Waals surface area (Å²) < 4.78 is 10.7. The van der Waals surface area contributed by atoms with E-state index >= 15 is 0 Å². The molecule has 1 aliphatic rings. The standard InChI is InChI=1S/C23H43NO4/c1-4-5-6-7-8-9-10-11-12-13-18-27-22(25)21-14-16-24(17-15-21)23(26)28-19-20(2)3/h20-21H,4-19H2,1-3H3. The summed E-state index contributed by atoms with van der Waals surface area (Å²) in [6.07, 6.45) is 13.9. The molecule has 0 atom stereocenters. The van der Waals surface area contributed by atoms with Gasteiger partial charge in [-0.05, 0) is 25.2 Å². The molecule has 0 unspecified atom stereocenters. The van der Waals surface area contributed by atoms with Crippen molar-refractivity contribution in [1.29, 1.82) is 0 Å². The van der Waals surface area contributed by atoms with E-state index in [9.17, 15) is 9.59 Å². The van der Waals surface area contributed by atoms with Crippen LogP contribution < -0.4 is 0 Å². The van der Waals surface area contributed by atoms with Crippen LogP contribution in [0.4, 0.5) is 4.79 Å². The number of piperidine rings is 1. The maximum atomic E-state index is 12.2. The van der Waals surface area contributed by atoms with Gasteiger partial charge in [0.15, 0.2) is 0 Å². The molecule has 1 fully saturated rings. The van der Waals surface area contributed by atoms with Gasteiger partial charge in [0, 0.05) is 13.1 Å². The third-order valence-electron chi connectivity index (χ3n) is 5.37. The van der Waals surface area contributed by atoms with Crippen LogP contribution >= 0.6 is 0 Å². The molecule has 1 saturated heterocycles. The summed E-state index contributed by atoms with van der Waals surface area (Å²) in [6, 6.07) is 0. The lowest BCUT2D eigenvalue weighted by molar-refractivity contribution is -0.150. The first-order chi connectivity index (χ1) is 13.5. The third-order valence-corrected chi connectivity index (χ3v) is 5.37. The Hall–Kier alpha value is -1.26. The van der Waals surface area contributed by atoms with Gasteiger partial charge in [0.25, 0.3) is 0 Å². The normalized spacial score (nSPS) is 15.1. The van der Waals surface area contributed by atoms with Crippen LogP contribution in [0.2, 0.25) is 0 Å². The summed E-state index contributed by atoms with van der Waals surface area (Å²) in [5, 5.41) is 0. The van der Waals surface area contributed by atoms with E-state index in [1.807, 2.05) is 13.8 Å². The van der Waals surface area contributed by atoms with E-state index in [4.69, 9.17) is 9.47 Å². The maximum absolute atomic E-state index is 12.2. The highest BCUT2D eigenvalue weighted by Crippen LogP contribution is 2.20. The monoisotopic (exact) mass is 397 g/mol. The summed E-state index contributed by atoms with van der Waals surface area (Å²) in [5.74, 6) is 0.172. The lowest BCUT2D eigenvalue weighted by atomic mass is 9.97. The predicted octanol–water partition coefficient (Wildman–Crippen LogP) is 5.96. The average molecular weight is 398 g/mol. The van der Waals surface area contributed by atoms with Gasteiger partial charge in [-0.3, -0.25) is 4.79 Å². The Balaban J connectivity index is 1.99. The van der Waals surface area contributed by atoms with Crippen molar-refractivity contribution in [3.05, 3.63) is 0 Å². The minimum Gasteiger partial charge on any atom is -0.465 e. The molecule has 0 radical (unpaired) electrons. The Morgan fingerprint density at radius 2 is 1.39 bits per heavy atom. The van der Waals surface area contributed by atoms with E-state index in [0.29, 0.717) is 45.1 Å². The molecule has 0 aromatic rings. The molecule has 1 heterocycles. The Morgan fingerprint density at radius 3 is 1.93 bits per heavy atom. The molecule has 0 aromatic carbocycles. The molecule has 0 bridgehead atoms. The van der Waals surface area contributed by atoms with E-state index in [1.165, 1.54) is 51.4 Å². The van der Waals surface area contributed by atoms with Gasteiger partial charge in [0.1, 0.15) is 0 Å². The van der Waals surface area contributed by atoms with Gasteiger partial charge >= 0.3 is 12.1 Å². The van der Waals surface area contributed by atoms with Crippen LogP contribution in [0.5, 0.6) is 0 Å². The molecule has 5 nitrogen and oxygen atoms in total. The largest absolute Gasteiger partial charge is 0.465 e. The van der Waals surface area contributed by atoms with Crippen LogP contribution in [0.25, 0.3) is 0 Å². The van der Waals surface area contributed by atoms with Crippen molar-refractivity contribution in [3.63, 3.8) is 0 Å². The first-order valence-electron chi connectivity index (χ1n) is 11.6. The van der Waals surface area contributed by atoms with Crippen molar-refractivity contribution in [2.75, 3.05) is 26.3 Å². The number of carbonyl (C=O) groups is 2. The molecule has 0 aliphatic carbocycles. The number of nitrogens with zero attached hydrogens (tertiary/aromatic N) is 1. The van der Waals surface area contributed by atoms with Crippen LogP contribution in [0.15, 0.2) is 0 Å². The molecule has 28 heavy (non-hydrogen) atoms. The molecular weight excluding hydrogens is 354 g/mol. The number of likely N-dealkylation sites (tertiary alicyclic amines) is 1. The fourth-order valence-electron chi connectivity index (χ4n) is 3.51. The second-order valence-electron chi connectivity index (χ2n) is 8.58. The van der Waals surface area contributed by atoms with Crippen LogP contribution in [-0.4, -0.2) is 43.3 Å². The fraction of sp³-hybridized carbons (Fsp3) is 0.913. The molecule has 1 amide bonds. The van der Waals surface area contributed by atoms with Gasteiger partial charge in [-0.2, -0.15) is 0 Å². The Morgan fingerprint density at radius 1 is 0.857 bits per heavy atom. The molecule has 0 aromatic heterocycles. The zero-order chi connectivity index (χ0) is 20.6. The first kappa shape index (κ1) is 24.8. The van der Waals surface area contributed by atoms with Crippen LogP contribution in [0, 0.1) is 11.8 Å². The highest BCUT2D eigenvalue weighted by Gasteiger charge is 2.29. The van der Waals surface area contributed by atoms with Crippen molar-refractivity contribution in [2.45, 2.75) is 97.8 Å². The maximum Gasteiger partial charge on any atom is 0.409 e. The van der Waals surface area contributed by atoms with Crippen molar-refractivity contribution >= 4 is 12.1 Å². The van der Waals surface area contributed by atoms with E-state index in [-0.39, 0.29) is 18.0 Å². The fourth-order valence-corrected chi connectivity index (χ4v) is 3.51. The Labute approximate surface area is 172 Å². The lowest BCUT2D eigenvalue weighted by Gasteiger charge is -2.30. The Bertz CT molecular complexity index is 417. The highest BCUT2D eigenvalue weighted by molar-refractivity contribution is 5.73. The summed E-state index contributed by atoms with van der Waals surface area (Å²) in [5.41, 5.74) is 0. The lowest BCUT2D eigenvalue weighted by Crippen LogP contribution is -2.41. The zero-order valence-corrected chi connectivity index (χ0v) is 18.5. The van der Waals surface area contributed by atoms with Crippen LogP contribution in [-0.2, 0) is 14.3 Å². The minimum absolute atomic E-state index is 0.0720. The smallest absolute Gasteiger partial charge is 0.409 e. The second kappa shape index (κ2) is 15.6. The predicted molar refractivity (Wildman–Crippen MR) is 113 cm³/mol. The third kappa shape index (κ3) is 11.6. The number of ether oxygens (including phenoxy) is 2. The summed E-state index contributed by atoms with van der Waals surface area (Å²) in [4.78, 5) is 25.8. The highest BCUT2D eigenvalue weighted by atomic mass is 16.6. The van der Waals surface area contributed by atoms with Gasteiger partial charge in [-0.25, -0.2) is 4.79 Å². The molecule has 164 valence electrons. The molecular formula is C23H43NO4. The van der Waals surface area contributed by atoms with Crippen molar-refractivity contribution in [2.24, 2.45) is 11.8 Å². The quantitative estimate of drug-likeness (QED) is 0.268. The number of amides is 1. The Kier molecular flexibility index (Phi) is 13.8. The van der Waals surface area contributed by atoms with E-state index in [0.717, 1.165) is 12.8 Å². The number of rotatable bonds is 14. The number of unbranched alkanes of at least 4 members (excludes halogenated alkanes) is 9. The molecule has 0 spiro atoms. The van der Waals surface area contributed by atoms with E-state index in [1.54, 1.807) is 4.90 Å². The minimum atomic E-state index is -0.258. The van der Waals surface area contributed by atoms with Gasteiger partial charge in [-0.15, -0.1) is 0 Å². The molecule has 5 heteroatoms. The van der Waals surface area contributed by atoms with Gasteiger partial charge in [0.05, 0.1) is 19.1 Å². The first-order valence-corrected chi connectivity index (χ1v) is 11.6. The summed E-state index contributed by atoms with van der Waals surface area (Å²) >= 11 is 0. The van der Waals surface area contributed by atoms with Crippen LogP contribution in [0.3, 0.4) is 0 Å². The number of hydrogen-bond donors (Lipinski definition) is 0. The van der Waals surface area contributed by atoms with Gasteiger partial charge in [-0.1, -0.05) is 78.6 Å². The van der Waals surface area contributed by atoms with Gasteiger partial charge in [0.2, 0.25) is 0 Å². The zero-order valence-electron chi connectivity index (χ0n) is 18.5. The summed E-state index contributed by atoms with van der Waals surface area (Å²) in [7, 11) is 0. The van der Waals surface area contributed by atoms with E-state index in [2.05, 4.69) is 6.92 Å². The number of hydrogen-bond acceptors (Lipinski definition) is 4. The summed E-state index contributed by atoms with van der Waals surface area (Å²) in [6.45, 7) is 8.42. The van der Waals surface area contributed by atoms with E-state index < -0.39 is 0 Å². The molecule has 1 aliphatic heterocycles. The van der Waals surface area contributed by atoms with Crippen molar-refractivity contribution < 1.29 is 19.1 Å². The molecule has 0 saturated carbocycles. The second-order valence-corrected chi connectivity index (χ2v) is 8.58. The number of carbonyl (C=O) groups excluding carboxylic acids is 2. The van der Waals surface area contributed by atoms with Crippen molar-refractivity contribution in [1.82, 2.24) is 4.90 Å². The van der Waals surface area contributed by atoms with Crippen LogP contribution in [0.1, 0.15) is 97.8 Å². The molecule has 1 rings (SSSR count). The number of esters is 1. The van der Waals surface area contributed by atoms with Gasteiger partial charge < -0.3 is 14.4 Å².